The number of aliphatic hydroxyl groups excluding tert-OH is 1. The second-order valence-electron chi connectivity index (χ2n) is 5.57. The van der Waals surface area contributed by atoms with Gasteiger partial charge in [0.2, 0.25) is 0 Å². The van der Waals surface area contributed by atoms with Gasteiger partial charge < -0.3 is 9.90 Å². The van der Waals surface area contributed by atoms with Crippen molar-refractivity contribution in [1.29, 1.82) is 0 Å². The second-order valence-corrected chi connectivity index (χ2v) is 6.47. The molecule has 4 N–H and O–H groups in total. The van der Waals surface area contributed by atoms with Crippen LogP contribution in [0.1, 0.15) is 33.3 Å². The number of ketones is 1. The summed E-state index contributed by atoms with van der Waals surface area (Å²) in [4.78, 5) is 13.8. The quantitative estimate of drug-likeness (QED) is 0.254. The van der Waals surface area contributed by atoms with Crippen LogP contribution in [-0.2, 0) is 25.7 Å². The zero-order valence-corrected chi connectivity index (χ0v) is 16.3. The van der Waals surface area contributed by atoms with Crippen molar-refractivity contribution in [1.82, 2.24) is 0 Å². The highest BCUT2D eigenvalue weighted by molar-refractivity contribution is 7.79. The first-order valence-corrected chi connectivity index (χ1v) is 8.90. The van der Waals surface area contributed by atoms with E-state index in [1.807, 2.05) is 44.2 Å². The van der Waals surface area contributed by atoms with Crippen molar-refractivity contribution in [2.75, 3.05) is 0 Å². The average molecular weight is 401 g/mol. The van der Waals surface area contributed by atoms with Gasteiger partial charge in [0.15, 0.2) is 0 Å². The third kappa shape index (κ3) is 21.6. The Balaban J connectivity index is 0. The summed E-state index contributed by atoms with van der Waals surface area (Å²) < 4.78 is 31.6. The minimum Gasteiger partial charge on any atom is -0.481 e. The topological polar surface area (TPSA) is 141 Å². The molecule has 0 saturated carbocycles. The van der Waals surface area contributed by atoms with E-state index in [4.69, 9.17) is 27.9 Å². The molecule has 27 heavy (non-hydrogen) atoms. The maximum Gasteiger partial charge on any atom is 0.394 e. The van der Waals surface area contributed by atoms with Crippen LogP contribution in [0.5, 0.6) is 0 Å². The minimum absolute atomic E-state index is 0.167. The summed E-state index contributed by atoms with van der Waals surface area (Å²) in [6.45, 7) is 6.67. The molecule has 0 aromatic heterocycles. The molecular formula is C18H25O8S+. The van der Waals surface area contributed by atoms with Gasteiger partial charge in [0.25, 0.3) is 5.76 Å². The number of carbonyl (C=O) groups is 1. The van der Waals surface area contributed by atoms with Crippen molar-refractivity contribution in [2.45, 2.75) is 33.3 Å². The van der Waals surface area contributed by atoms with Gasteiger partial charge in [-0.3, -0.25) is 14.4 Å². The van der Waals surface area contributed by atoms with Gasteiger partial charge in [-0.25, -0.2) is 4.89 Å². The fourth-order valence-corrected chi connectivity index (χ4v) is 1.28. The lowest BCUT2D eigenvalue weighted by molar-refractivity contribution is -0.318. The summed E-state index contributed by atoms with van der Waals surface area (Å²) in [5.41, 5.74) is 0.351. The van der Waals surface area contributed by atoms with E-state index >= 15 is 0 Å². The van der Waals surface area contributed by atoms with Gasteiger partial charge in [-0.2, -0.15) is 8.42 Å². The highest BCUT2D eigenvalue weighted by Gasteiger charge is 2.20. The molecule has 150 valence electrons. The van der Waals surface area contributed by atoms with Gasteiger partial charge in [0.1, 0.15) is 17.5 Å². The molecule has 9 heteroatoms. The third-order valence-electron chi connectivity index (χ3n) is 2.39. The van der Waals surface area contributed by atoms with Gasteiger partial charge in [0.05, 0.1) is 18.2 Å². The highest BCUT2D eigenvalue weighted by atomic mass is 32.3. The van der Waals surface area contributed by atoms with Gasteiger partial charge in [-0.1, -0.05) is 30.3 Å². The number of hydrogen-bond acceptors (Lipinski definition) is 6. The lowest BCUT2D eigenvalue weighted by atomic mass is 9.99. The smallest absolute Gasteiger partial charge is 0.394 e. The van der Waals surface area contributed by atoms with Crippen LogP contribution in [0.3, 0.4) is 0 Å². The fraction of sp³-hybridized carbons (Fsp3) is 0.278. The van der Waals surface area contributed by atoms with Crippen LogP contribution in [0, 0.1) is 6.08 Å². The van der Waals surface area contributed by atoms with E-state index in [2.05, 4.69) is 11.0 Å². The Morgan fingerprint density at radius 1 is 1.07 bits per heavy atom. The van der Waals surface area contributed by atoms with Crippen molar-refractivity contribution in [3.8, 4) is 0 Å². The molecule has 0 unspecified atom stereocenters. The molecule has 0 radical (unpaired) electrons. The Kier molecular flexibility index (Phi) is 13.7. The van der Waals surface area contributed by atoms with Crippen molar-refractivity contribution < 1.29 is 37.6 Å². The van der Waals surface area contributed by atoms with Gasteiger partial charge >= 0.3 is 10.4 Å². The Morgan fingerprint density at radius 3 is 1.78 bits per heavy atom. The Labute approximate surface area is 159 Å². The maximum atomic E-state index is 9.44. The number of Topliss-reactive ketones (excluding diaryl/α,β-unsaturated/α-hetero) is 1. The van der Waals surface area contributed by atoms with Crippen LogP contribution < -0.4 is 0 Å². The van der Waals surface area contributed by atoms with E-state index in [0.717, 1.165) is 5.56 Å². The van der Waals surface area contributed by atoms with Gasteiger partial charge in [-0.05, 0) is 33.3 Å². The summed E-state index contributed by atoms with van der Waals surface area (Å²) in [7, 11) is -4.67. The lowest BCUT2D eigenvalue weighted by Gasteiger charge is -2.20. The van der Waals surface area contributed by atoms with Crippen LogP contribution in [0.2, 0.25) is 0 Å². The van der Waals surface area contributed by atoms with E-state index in [1.165, 1.54) is 13.8 Å². The van der Waals surface area contributed by atoms with Crippen LogP contribution in [0.4, 0.5) is 0 Å². The van der Waals surface area contributed by atoms with Crippen molar-refractivity contribution >= 4 is 16.2 Å². The van der Waals surface area contributed by atoms with E-state index in [0.29, 0.717) is 0 Å². The number of hydrogen-bond donors (Lipinski definition) is 4. The Bertz CT molecular complexity index is 720. The Hall–Kier alpha value is -2.39. The van der Waals surface area contributed by atoms with Crippen molar-refractivity contribution in [3.63, 3.8) is 0 Å². The number of allylic oxidation sites excluding steroid dienone is 5. The van der Waals surface area contributed by atoms with Crippen LogP contribution in [0.25, 0.3) is 0 Å². The predicted octanol–water partition coefficient (Wildman–Crippen LogP) is 3.71. The van der Waals surface area contributed by atoms with Crippen LogP contribution in [-0.4, -0.2) is 33.7 Å². The molecule has 0 spiro atoms. The molecule has 0 fully saturated rings. The summed E-state index contributed by atoms with van der Waals surface area (Å²) in [6.07, 6.45) is 9.39. The van der Waals surface area contributed by atoms with Crippen molar-refractivity contribution in [3.05, 3.63) is 72.0 Å². The number of carbonyl (C=O) groups excluding carboxylic acids is 1. The zero-order valence-electron chi connectivity index (χ0n) is 15.5. The highest BCUT2D eigenvalue weighted by Crippen LogP contribution is 2.22. The molecule has 2 rings (SSSR count). The van der Waals surface area contributed by atoms with E-state index < -0.39 is 16.0 Å². The first kappa shape index (κ1) is 26.8. The predicted molar refractivity (Wildman–Crippen MR) is 101 cm³/mol. The summed E-state index contributed by atoms with van der Waals surface area (Å²) >= 11 is 0. The molecule has 0 aliphatic heterocycles. The fourth-order valence-electron chi connectivity index (χ4n) is 1.28. The summed E-state index contributed by atoms with van der Waals surface area (Å²) in [6, 6.07) is 9.58. The maximum absolute atomic E-state index is 9.44. The van der Waals surface area contributed by atoms with E-state index in [1.54, 1.807) is 24.3 Å². The van der Waals surface area contributed by atoms with Gasteiger partial charge in [0, 0.05) is 6.08 Å². The molecule has 0 atom stereocenters. The molecule has 1 aliphatic rings. The standard InChI is InChI=1S/C9H12O2.C6H4O.C3H6O.H2O4S/c1-9(2,11-10)8-6-4-3-5-7-8;7-6-4-2-1-3-5-6;1-3(2)4;1-5(2,3)4/h3-7,10H,1-2H3;1-4H;1-2H3;(H2,1,2,3,4)/p+1. The van der Waals surface area contributed by atoms with Gasteiger partial charge in [-0.15, -0.1) is 0 Å². The monoisotopic (exact) mass is 401 g/mol. The molecule has 0 heterocycles. The Morgan fingerprint density at radius 2 is 1.52 bits per heavy atom. The molecule has 1 aromatic carbocycles. The van der Waals surface area contributed by atoms with Crippen LogP contribution >= 0.6 is 0 Å². The first-order valence-electron chi connectivity index (χ1n) is 7.50. The summed E-state index contributed by atoms with van der Waals surface area (Å²) in [5.74, 6) is 0.363. The average Bonchev–Trinajstić information content (AvgIpc) is 2.55. The first-order chi connectivity index (χ1) is 12.3. The summed E-state index contributed by atoms with van der Waals surface area (Å²) in [5, 5.41) is 17.1. The van der Waals surface area contributed by atoms with Crippen LogP contribution in [0.15, 0.2) is 60.4 Å². The number of aliphatic hydroxyl groups is 1. The third-order valence-corrected chi connectivity index (χ3v) is 2.39. The minimum atomic E-state index is -4.67. The SMILES string of the molecule is CC(C)(OO)c1ccccc1.CC(C)=O.O=S(=O)(O)O.OC1=CC=CC=[C+]1. The zero-order chi connectivity index (χ0) is 21.5. The normalized spacial score (nSPS) is 11.9. The molecule has 0 bridgehead atoms. The second kappa shape index (κ2) is 13.8. The van der Waals surface area contributed by atoms with E-state index in [-0.39, 0.29) is 11.5 Å². The number of benzene rings is 1. The molecule has 8 nitrogen and oxygen atoms in total. The number of rotatable bonds is 2. The molecule has 0 amide bonds. The van der Waals surface area contributed by atoms with Crippen molar-refractivity contribution in [2.24, 2.45) is 0 Å². The largest absolute Gasteiger partial charge is 0.481 e. The van der Waals surface area contributed by atoms with E-state index in [9.17, 15) is 4.79 Å². The molecule has 1 aliphatic carbocycles. The lowest BCUT2D eigenvalue weighted by Crippen LogP contribution is -2.19. The molecule has 1 aromatic rings. The molecule has 0 saturated heterocycles. The molecular weight excluding hydrogens is 376 g/mol.